The van der Waals surface area contributed by atoms with Crippen molar-refractivity contribution in [2.75, 3.05) is 5.32 Å². The quantitative estimate of drug-likeness (QED) is 0.846. The van der Waals surface area contributed by atoms with E-state index in [1.165, 1.54) is 17.3 Å². The van der Waals surface area contributed by atoms with E-state index in [4.69, 9.17) is 0 Å². The summed E-state index contributed by atoms with van der Waals surface area (Å²) in [4.78, 5) is 0. The molecule has 0 aliphatic rings. The van der Waals surface area contributed by atoms with E-state index < -0.39 is 0 Å². The molecule has 0 aliphatic heterocycles. The van der Waals surface area contributed by atoms with Gasteiger partial charge in [-0.3, -0.25) is 4.68 Å². The Kier molecular flexibility index (Phi) is 4.71. The van der Waals surface area contributed by atoms with Crippen molar-refractivity contribution in [1.29, 1.82) is 0 Å². The standard InChI is InChI=1S/C16H21BrFN3/c1-6-21-12(5)16(11(4)20-21)10(3)19-15-8-13(17)14(18)7-9(15)2/h7-8,10,19H,6H2,1-5H3. The van der Waals surface area contributed by atoms with Crippen LogP contribution >= 0.6 is 15.9 Å². The average Bonchev–Trinajstić information content (AvgIpc) is 2.70. The van der Waals surface area contributed by atoms with E-state index in [0.717, 1.165) is 23.5 Å². The van der Waals surface area contributed by atoms with Crippen molar-refractivity contribution in [3.63, 3.8) is 0 Å². The maximum absolute atomic E-state index is 13.5. The van der Waals surface area contributed by atoms with Gasteiger partial charge in [-0.2, -0.15) is 5.10 Å². The SMILES string of the molecule is CCn1nc(C)c(C(C)Nc2cc(Br)c(F)cc2C)c1C. The monoisotopic (exact) mass is 353 g/mol. The number of nitrogens with one attached hydrogen (secondary N) is 1. The zero-order valence-corrected chi connectivity index (χ0v) is 14.7. The number of halogens is 2. The second kappa shape index (κ2) is 6.18. The number of nitrogens with zero attached hydrogens (tertiary/aromatic N) is 2. The van der Waals surface area contributed by atoms with Crippen LogP contribution in [-0.4, -0.2) is 9.78 Å². The van der Waals surface area contributed by atoms with Crippen molar-refractivity contribution in [3.8, 4) is 0 Å². The molecule has 0 bridgehead atoms. The van der Waals surface area contributed by atoms with Gasteiger partial charge in [-0.15, -0.1) is 0 Å². The third-order valence-electron chi connectivity index (χ3n) is 3.81. The summed E-state index contributed by atoms with van der Waals surface area (Å²) >= 11 is 3.24. The summed E-state index contributed by atoms with van der Waals surface area (Å²) in [5.41, 5.74) is 5.23. The molecule has 0 saturated carbocycles. The third-order valence-corrected chi connectivity index (χ3v) is 4.42. The minimum atomic E-state index is -0.239. The number of hydrogen-bond acceptors (Lipinski definition) is 2. The first-order chi connectivity index (χ1) is 9.85. The topological polar surface area (TPSA) is 29.9 Å². The summed E-state index contributed by atoms with van der Waals surface area (Å²) < 4.78 is 16.0. The Morgan fingerprint density at radius 3 is 2.57 bits per heavy atom. The van der Waals surface area contributed by atoms with Gasteiger partial charge in [0.25, 0.3) is 0 Å². The molecule has 0 amide bonds. The summed E-state index contributed by atoms with van der Waals surface area (Å²) in [5, 5.41) is 8.02. The van der Waals surface area contributed by atoms with Crippen LogP contribution in [0.1, 0.15) is 42.4 Å². The molecule has 1 unspecified atom stereocenters. The van der Waals surface area contributed by atoms with Gasteiger partial charge in [-0.05, 0) is 68.2 Å². The lowest BCUT2D eigenvalue weighted by atomic mass is 10.1. The van der Waals surface area contributed by atoms with Gasteiger partial charge in [-0.1, -0.05) is 0 Å². The fourth-order valence-corrected chi connectivity index (χ4v) is 3.10. The van der Waals surface area contributed by atoms with Crippen LogP contribution in [0.4, 0.5) is 10.1 Å². The van der Waals surface area contributed by atoms with Crippen LogP contribution in [0, 0.1) is 26.6 Å². The number of aromatic nitrogens is 2. The van der Waals surface area contributed by atoms with Gasteiger partial charge in [0.05, 0.1) is 16.2 Å². The van der Waals surface area contributed by atoms with Crippen LogP contribution in [0.3, 0.4) is 0 Å². The Morgan fingerprint density at radius 2 is 2.00 bits per heavy atom. The zero-order chi connectivity index (χ0) is 15.7. The predicted molar refractivity (Wildman–Crippen MR) is 88.2 cm³/mol. The van der Waals surface area contributed by atoms with E-state index in [1.807, 2.05) is 18.5 Å². The molecule has 114 valence electrons. The lowest BCUT2D eigenvalue weighted by Gasteiger charge is -2.18. The normalized spacial score (nSPS) is 12.5. The second-order valence-corrected chi connectivity index (χ2v) is 6.20. The van der Waals surface area contributed by atoms with Gasteiger partial charge in [-0.25, -0.2) is 4.39 Å². The van der Waals surface area contributed by atoms with Crippen LogP contribution in [0.2, 0.25) is 0 Å². The van der Waals surface area contributed by atoms with E-state index in [1.54, 1.807) is 6.07 Å². The van der Waals surface area contributed by atoms with Crippen LogP contribution in [0.15, 0.2) is 16.6 Å². The molecule has 3 nitrogen and oxygen atoms in total. The Hall–Kier alpha value is -1.36. The molecule has 2 aromatic rings. The van der Waals surface area contributed by atoms with Gasteiger partial charge in [0, 0.05) is 23.5 Å². The Morgan fingerprint density at radius 1 is 1.33 bits per heavy atom. The Balaban J connectivity index is 2.32. The lowest BCUT2D eigenvalue weighted by molar-refractivity contribution is 0.620. The van der Waals surface area contributed by atoms with E-state index >= 15 is 0 Å². The van der Waals surface area contributed by atoms with Gasteiger partial charge in [0.1, 0.15) is 5.82 Å². The highest BCUT2D eigenvalue weighted by molar-refractivity contribution is 9.10. The van der Waals surface area contributed by atoms with Gasteiger partial charge >= 0.3 is 0 Å². The van der Waals surface area contributed by atoms with Crippen molar-refractivity contribution in [1.82, 2.24) is 9.78 Å². The third kappa shape index (κ3) is 3.12. The molecular weight excluding hydrogens is 333 g/mol. The van der Waals surface area contributed by atoms with Crippen LogP contribution in [0.5, 0.6) is 0 Å². The zero-order valence-electron chi connectivity index (χ0n) is 13.1. The molecule has 0 radical (unpaired) electrons. The molecule has 1 aromatic carbocycles. The summed E-state index contributed by atoms with van der Waals surface area (Å²) in [6.07, 6.45) is 0. The predicted octanol–water partition coefficient (Wildman–Crippen LogP) is 4.90. The fraction of sp³-hybridized carbons (Fsp3) is 0.438. The number of rotatable bonds is 4. The second-order valence-electron chi connectivity index (χ2n) is 5.35. The molecule has 21 heavy (non-hydrogen) atoms. The number of anilines is 1. The Bertz CT molecular complexity index is 664. The van der Waals surface area contributed by atoms with E-state index in [9.17, 15) is 4.39 Å². The molecule has 1 atom stereocenters. The molecule has 0 spiro atoms. The molecular formula is C16H21BrFN3. The fourth-order valence-electron chi connectivity index (χ4n) is 2.75. The minimum Gasteiger partial charge on any atom is -0.378 e. The van der Waals surface area contributed by atoms with Crippen molar-refractivity contribution >= 4 is 21.6 Å². The summed E-state index contributed by atoms with van der Waals surface area (Å²) in [6.45, 7) is 11.1. The minimum absolute atomic E-state index is 0.112. The highest BCUT2D eigenvalue weighted by Crippen LogP contribution is 2.29. The highest BCUT2D eigenvalue weighted by atomic mass is 79.9. The maximum Gasteiger partial charge on any atom is 0.137 e. The molecule has 1 heterocycles. The van der Waals surface area contributed by atoms with Crippen molar-refractivity contribution < 1.29 is 4.39 Å². The first-order valence-electron chi connectivity index (χ1n) is 7.11. The van der Waals surface area contributed by atoms with Crippen molar-refractivity contribution in [2.45, 2.75) is 47.2 Å². The average molecular weight is 354 g/mol. The van der Waals surface area contributed by atoms with Crippen molar-refractivity contribution in [3.05, 3.63) is 44.9 Å². The smallest absolute Gasteiger partial charge is 0.137 e. The van der Waals surface area contributed by atoms with Crippen LogP contribution in [-0.2, 0) is 6.54 Å². The molecule has 0 aliphatic carbocycles. The first-order valence-corrected chi connectivity index (χ1v) is 7.90. The number of hydrogen-bond donors (Lipinski definition) is 1. The molecule has 1 aromatic heterocycles. The lowest BCUT2D eigenvalue weighted by Crippen LogP contribution is -2.10. The molecule has 0 fully saturated rings. The van der Waals surface area contributed by atoms with E-state index in [0.29, 0.717) is 4.47 Å². The van der Waals surface area contributed by atoms with Gasteiger partial charge in [0.2, 0.25) is 0 Å². The molecule has 1 N–H and O–H groups in total. The first kappa shape index (κ1) is 16.0. The van der Waals surface area contributed by atoms with Gasteiger partial charge in [0.15, 0.2) is 0 Å². The molecule has 5 heteroatoms. The number of benzene rings is 1. The van der Waals surface area contributed by atoms with E-state index in [-0.39, 0.29) is 11.9 Å². The van der Waals surface area contributed by atoms with E-state index in [2.05, 4.69) is 47.1 Å². The van der Waals surface area contributed by atoms with Crippen LogP contribution in [0.25, 0.3) is 0 Å². The Labute approximate surface area is 133 Å². The summed E-state index contributed by atoms with van der Waals surface area (Å²) in [5.74, 6) is -0.239. The molecule has 2 rings (SSSR count). The molecule has 0 saturated heterocycles. The van der Waals surface area contributed by atoms with Crippen LogP contribution < -0.4 is 5.32 Å². The highest BCUT2D eigenvalue weighted by Gasteiger charge is 2.18. The summed E-state index contributed by atoms with van der Waals surface area (Å²) in [7, 11) is 0. The van der Waals surface area contributed by atoms with Gasteiger partial charge < -0.3 is 5.32 Å². The largest absolute Gasteiger partial charge is 0.378 e. The number of aryl methyl sites for hydroxylation is 3. The maximum atomic E-state index is 13.5. The summed E-state index contributed by atoms with van der Waals surface area (Å²) in [6, 6.07) is 3.44. The van der Waals surface area contributed by atoms with Crippen molar-refractivity contribution in [2.24, 2.45) is 0 Å².